The zero-order chi connectivity index (χ0) is 17.6. The summed E-state index contributed by atoms with van der Waals surface area (Å²) < 4.78 is 27.2. The maximum atomic E-state index is 13.9. The molecule has 8 aliphatic carbocycles. The molecule has 0 aromatic carbocycles. The number of hydrogen-bond donors (Lipinski definition) is 0. The summed E-state index contributed by atoms with van der Waals surface area (Å²) >= 11 is 0. The molecular weight excluding hydrogens is 343 g/mol. The van der Waals surface area contributed by atoms with E-state index in [0.29, 0.717) is 6.16 Å². The van der Waals surface area contributed by atoms with Crippen molar-refractivity contribution in [1.29, 1.82) is 0 Å². The highest BCUT2D eigenvalue weighted by Gasteiger charge is 2.57. The minimum absolute atomic E-state index is 0.109. The van der Waals surface area contributed by atoms with E-state index in [-0.39, 0.29) is 11.2 Å². The number of hydrogen-bond acceptors (Lipinski definition) is 3. The molecule has 0 aromatic rings. The molecule has 146 valence electrons. The van der Waals surface area contributed by atoms with E-state index in [1.807, 2.05) is 6.92 Å². The van der Waals surface area contributed by atoms with Crippen LogP contribution in [0.25, 0.3) is 0 Å². The van der Waals surface area contributed by atoms with Gasteiger partial charge in [0.05, 0.1) is 11.2 Å². The average Bonchev–Trinajstić information content (AvgIpc) is 2.50. The predicted molar refractivity (Wildman–Crippen MR) is 102 cm³/mol. The molecule has 8 aliphatic rings. The van der Waals surface area contributed by atoms with Crippen LogP contribution in [0.5, 0.6) is 0 Å². The SMILES string of the molecule is CCP(=O)(OC12CC3CC(CC(C3)C1)C2)OC12CC3CC(CC(C3)C1)C2. The van der Waals surface area contributed by atoms with Gasteiger partial charge in [0, 0.05) is 6.16 Å². The Labute approximate surface area is 158 Å². The van der Waals surface area contributed by atoms with Crippen molar-refractivity contribution < 1.29 is 13.6 Å². The first kappa shape index (κ1) is 17.0. The van der Waals surface area contributed by atoms with Crippen LogP contribution >= 0.6 is 7.60 Å². The number of rotatable bonds is 5. The van der Waals surface area contributed by atoms with Gasteiger partial charge in [0.2, 0.25) is 0 Å². The van der Waals surface area contributed by atoms with Crippen LogP contribution in [0, 0.1) is 35.5 Å². The third-order valence-corrected chi connectivity index (χ3v) is 11.1. The summed E-state index contributed by atoms with van der Waals surface area (Å²) in [5.74, 6) is 4.95. The lowest BCUT2D eigenvalue weighted by Crippen LogP contribution is -2.53. The van der Waals surface area contributed by atoms with Gasteiger partial charge in [-0.1, -0.05) is 6.92 Å². The highest BCUT2D eigenvalue weighted by molar-refractivity contribution is 7.53. The minimum Gasteiger partial charge on any atom is -0.302 e. The summed E-state index contributed by atoms with van der Waals surface area (Å²) in [6, 6.07) is 0. The van der Waals surface area contributed by atoms with Crippen LogP contribution in [0.2, 0.25) is 0 Å². The van der Waals surface area contributed by atoms with Gasteiger partial charge in [0.1, 0.15) is 0 Å². The Kier molecular flexibility index (Phi) is 3.68. The first-order chi connectivity index (χ1) is 12.4. The molecule has 0 spiro atoms. The van der Waals surface area contributed by atoms with E-state index in [9.17, 15) is 4.57 Å². The van der Waals surface area contributed by atoms with E-state index < -0.39 is 7.60 Å². The molecule has 0 N–H and O–H groups in total. The molecule has 0 aromatic heterocycles. The third kappa shape index (κ3) is 2.71. The van der Waals surface area contributed by atoms with Gasteiger partial charge < -0.3 is 9.05 Å². The fourth-order valence-corrected chi connectivity index (χ4v) is 10.9. The van der Waals surface area contributed by atoms with Crippen molar-refractivity contribution in [2.45, 2.75) is 95.2 Å². The van der Waals surface area contributed by atoms with Crippen molar-refractivity contribution in [3.63, 3.8) is 0 Å². The van der Waals surface area contributed by atoms with E-state index in [1.165, 1.54) is 38.5 Å². The normalized spacial score (nSPS) is 56.0. The summed E-state index contributed by atoms with van der Waals surface area (Å²) in [7, 11) is -3.00. The Morgan fingerprint density at radius 1 is 0.654 bits per heavy atom. The van der Waals surface area contributed by atoms with Gasteiger partial charge in [-0.15, -0.1) is 0 Å². The first-order valence-corrected chi connectivity index (χ1v) is 13.2. The van der Waals surface area contributed by atoms with Gasteiger partial charge in [-0.3, -0.25) is 4.57 Å². The van der Waals surface area contributed by atoms with Crippen LogP contribution in [0.3, 0.4) is 0 Å². The topological polar surface area (TPSA) is 35.5 Å². The van der Waals surface area contributed by atoms with Crippen molar-refractivity contribution in [2.24, 2.45) is 35.5 Å². The van der Waals surface area contributed by atoms with Crippen LogP contribution < -0.4 is 0 Å². The van der Waals surface area contributed by atoms with Gasteiger partial charge in [-0.25, -0.2) is 0 Å². The van der Waals surface area contributed by atoms with Gasteiger partial charge in [0.25, 0.3) is 0 Å². The predicted octanol–water partition coefficient (Wildman–Crippen LogP) is 6.17. The molecule has 26 heavy (non-hydrogen) atoms. The molecular formula is C22H35O3P. The van der Waals surface area contributed by atoms with Crippen LogP contribution in [0.1, 0.15) is 84.0 Å². The third-order valence-electron chi connectivity index (χ3n) is 9.02. The van der Waals surface area contributed by atoms with Crippen molar-refractivity contribution in [3.8, 4) is 0 Å². The van der Waals surface area contributed by atoms with E-state index in [1.54, 1.807) is 0 Å². The lowest BCUT2D eigenvalue weighted by molar-refractivity contribution is -0.140. The maximum absolute atomic E-state index is 13.9. The Bertz CT molecular complexity index is 521. The largest absolute Gasteiger partial charge is 0.331 e. The Morgan fingerprint density at radius 2 is 0.923 bits per heavy atom. The summed E-state index contributed by atoms with van der Waals surface area (Å²) in [5, 5.41) is 0. The van der Waals surface area contributed by atoms with E-state index in [2.05, 4.69) is 0 Å². The second-order valence-electron chi connectivity index (χ2n) is 11.3. The first-order valence-electron chi connectivity index (χ1n) is 11.4. The summed E-state index contributed by atoms with van der Waals surface area (Å²) in [6.07, 6.45) is 15.8. The molecule has 3 nitrogen and oxygen atoms in total. The quantitative estimate of drug-likeness (QED) is 0.537. The highest BCUT2D eigenvalue weighted by atomic mass is 31.2. The maximum Gasteiger partial charge on any atom is 0.331 e. The minimum atomic E-state index is -3.00. The Morgan fingerprint density at radius 3 is 1.15 bits per heavy atom. The monoisotopic (exact) mass is 378 g/mol. The molecule has 0 radical (unpaired) electrons. The van der Waals surface area contributed by atoms with Crippen LogP contribution in [0.15, 0.2) is 0 Å². The van der Waals surface area contributed by atoms with Crippen LogP contribution in [-0.2, 0) is 13.6 Å². The molecule has 0 heterocycles. The molecule has 8 fully saturated rings. The smallest absolute Gasteiger partial charge is 0.302 e. The lowest BCUT2D eigenvalue weighted by Gasteiger charge is -2.58. The van der Waals surface area contributed by atoms with E-state index >= 15 is 0 Å². The molecule has 8 bridgehead atoms. The standard InChI is InChI=1S/C22H35O3P/c1-2-26(23,24-21-9-15-3-16(10-21)5-17(4-15)11-21)25-22-12-18-6-19(13-22)8-20(7-18)14-22/h15-20H,2-14H2,1H3. The molecule has 8 saturated carbocycles. The fraction of sp³-hybridized carbons (Fsp3) is 1.00. The van der Waals surface area contributed by atoms with Crippen LogP contribution in [-0.4, -0.2) is 17.4 Å². The molecule has 0 atom stereocenters. The average molecular weight is 378 g/mol. The second kappa shape index (κ2) is 5.61. The van der Waals surface area contributed by atoms with Crippen molar-refractivity contribution in [3.05, 3.63) is 0 Å². The molecule has 8 rings (SSSR count). The fourth-order valence-electron chi connectivity index (χ4n) is 9.02. The molecule has 0 unspecified atom stereocenters. The summed E-state index contributed by atoms with van der Waals surface area (Å²) in [6.45, 7) is 2.03. The zero-order valence-electron chi connectivity index (χ0n) is 16.3. The molecule has 0 amide bonds. The second-order valence-corrected chi connectivity index (χ2v) is 13.5. The summed E-state index contributed by atoms with van der Waals surface area (Å²) in [5.41, 5.74) is -0.217. The van der Waals surface area contributed by atoms with Crippen molar-refractivity contribution >= 4 is 7.60 Å². The molecule has 4 heteroatoms. The lowest BCUT2D eigenvalue weighted by atomic mass is 9.54. The van der Waals surface area contributed by atoms with Gasteiger partial charge in [-0.05, 0) is 113 Å². The summed E-state index contributed by atoms with van der Waals surface area (Å²) in [4.78, 5) is 0. The van der Waals surface area contributed by atoms with E-state index in [0.717, 1.165) is 74.0 Å². The van der Waals surface area contributed by atoms with Gasteiger partial charge >= 0.3 is 7.60 Å². The van der Waals surface area contributed by atoms with Crippen molar-refractivity contribution in [1.82, 2.24) is 0 Å². The highest BCUT2D eigenvalue weighted by Crippen LogP contribution is 2.67. The van der Waals surface area contributed by atoms with Crippen LogP contribution in [0.4, 0.5) is 0 Å². The molecule has 0 aliphatic heterocycles. The molecule has 0 saturated heterocycles. The van der Waals surface area contributed by atoms with Gasteiger partial charge in [-0.2, -0.15) is 0 Å². The van der Waals surface area contributed by atoms with E-state index in [4.69, 9.17) is 9.05 Å². The van der Waals surface area contributed by atoms with Gasteiger partial charge in [0.15, 0.2) is 0 Å². The zero-order valence-corrected chi connectivity index (χ0v) is 17.2. The Balaban J connectivity index is 1.24. The Hall–Kier alpha value is 0.150. The van der Waals surface area contributed by atoms with Crippen molar-refractivity contribution in [2.75, 3.05) is 6.16 Å².